The maximum atomic E-state index is 11.9. The van der Waals surface area contributed by atoms with Gasteiger partial charge in [-0.2, -0.15) is 0 Å². The fourth-order valence-corrected chi connectivity index (χ4v) is 5.15. The Hall–Kier alpha value is -1.35. The highest BCUT2D eigenvalue weighted by Crippen LogP contribution is 2.31. The lowest BCUT2D eigenvalue weighted by molar-refractivity contribution is -0.120. The predicted molar refractivity (Wildman–Crippen MR) is 90.2 cm³/mol. The Morgan fingerprint density at radius 3 is 2.87 bits per heavy atom. The molecule has 1 saturated heterocycles. The summed E-state index contributed by atoms with van der Waals surface area (Å²) in [5, 5.41) is 11.4. The van der Waals surface area contributed by atoms with Crippen LogP contribution in [0.3, 0.4) is 0 Å². The molecule has 1 fully saturated rings. The Bertz CT molecular complexity index is 684. The third-order valence-corrected chi connectivity index (χ3v) is 6.51. The number of sulfone groups is 1. The second kappa shape index (κ2) is 7.48. The Balaban J connectivity index is 2.21. The Morgan fingerprint density at radius 2 is 2.30 bits per heavy atom. The maximum Gasteiger partial charge on any atom is 0.233 e. The predicted octanol–water partition coefficient (Wildman–Crippen LogP) is 0.983. The summed E-state index contributed by atoms with van der Waals surface area (Å²) in [7, 11) is -2.99. The minimum Gasteiger partial charge on any atom is -0.355 e. The molecule has 2 rings (SSSR count). The average molecular weight is 358 g/mol. The molecule has 0 spiro atoms. The van der Waals surface area contributed by atoms with E-state index in [4.69, 9.17) is 0 Å². The van der Waals surface area contributed by atoms with Gasteiger partial charge in [-0.1, -0.05) is 17.8 Å². The van der Waals surface area contributed by atoms with Gasteiger partial charge in [-0.3, -0.25) is 4.79 Å². The Labute approximate surface area is 140 Å². The van der Waals surface area contributed by atoms with Crippen LogP contribution < -0.4 is 5.32 Å². The summed E-state index contributed by atoms with van der Waals surface area (Å²) >= 11 is 1.32. The first kappa shape index (κ1) is 18.0. The topological polar surface area (TPSA) is 93.9 Å². The summed E-state index contributed by atoms with van der Waals surface area (Å²) in [5.74, 6) is 0.767. The number of hydrogen-bond acceptors (Lipinski definition) is 6. The van der Waals surface area contributed by atoms with E-state index in [2.05, 4.69) is 22.1 Å². The number of amides is 1. The summed E-state index contributed by atoms with van der Waals surface area (Å²) in [5.41, 5.74) is 0. The first-order chi connectivity index (χ1) is 10.9. The Kier molecular flexibility index (Phi) is 5.85. The fraction of sp³-hybridized carbons (Fsp3) is 0.643. The maximum absolute atomic E-state index is 11.9. The smallest absolute Gasteiger partial charge is 0.233 e. The molecule has 2 atom stereocenters. The zero-order valence-electron chi connectivity index (χ0n) is 13.4. The van der Waals surface area contributed by atoms with Crippen LogP contribution in [0.5, 0.6) is 0 Å². The monoisotopic (exact) mass is 358 g/mol. The van der Waals surface area contributed by atoms with Gasteiger partial charge in [-0.05, 0) is 20.3 Å². The normalized spacial score (nSPS) is 21.0. The van der Waals surface area contributed by atoms with Crippen molar-refractivity contribution < 1.29 is 13.2 Å². The summed E-state index contributed by atoms with van der Waals surface area (Å²) in [6, 6.07) is 0. The second-order valence-electron chi connectivity index (χ2n) is 5.49. The van der Waals surface area contributed by atoms with Crippen molar-refractivity contribution >= 4 is 27.5 Å². The summed E-state index contributed by atoms with van der Waals surface area (Å²) in [6.45, 7) is 8.48. The largest absolute Gasteiger partial charge is 0.355 e. The van der Waals surface area contributed by atoms with E-state index in [9.17, 15) is 13.2 Å². The standard InChI is InChI=1S/C14H22N4O3S2/c1-4-7-18-12(11-6-8-23(20,21)9-11)16-17-14(18)22-10(3)13(19)15-5-2/h4,10-11H,1,5-9H2,2-3H3,(H,15,19)/t10-,11-/m0/s1. The zero-order chi connectivity index (χ0) is 17.0. The van der Waals surface area contributed by atoms with E-state index < -0.39 is 9.84 Å². The molecule has 1 aliphatic heterocycles. The van der Waals surface area contributed by atoms with Crippen LogP contribution in [0, 0.1) is 0 Å². The average Bonchev–Trinajstić information content (AvgIpc) is 3.03. The van der Waals surface area contributed by atoms with E-state index in [0.717, 1.165) is 0 Å². The highest BCUT2D eigenvalue weighted by atomic mass is 32.2. The molecule has 23 heavy (non-hydrogen) atoms. The van der Waals surface area contributed by atoms with Crippen molar-refractivity contribution in [2.75, 3.05) is 18.1 Å². The van der Waals surface area contributed by atoms with E-state index in [1.54, 1.807) is 6.08 Å². The van der Waals surface area contributed by atoms with Gasteiger partial charge in [0.2, 0.25) is 5.91 Å². The van der Waals surface area contributed by atoms with Crippen LogP contribution in [0.1, 0.15) is 32.0 Å². The zero-order valence-corrected chi connectivity index (χ0v) is 15.0. The molecule has 2 heterocycles. The molecule has 0 aliphatic carbocycles. The number of nitrogens with one attached hydrogen (secondary N) is 1. The molecule has 128 valence electrons. The minimum atomic E-state index is -2.99. The van der Waals surface area contributed by atoms with Crippen molar-refractivity contribution in [1.29, 1.82) is 0 Å². The molecule has 0 bridgehead atoms. The molecule has 7 nitrogen and oxygen atoms in total. The molecule has 1 amide bonds. The van der Waals surface area contributed by atoms with Gasteiger partial charge in [-0.15, -0.1) is 16.8 Å². The van der Waals surface area contributed by atoms with Gasteiger partial charge in [0.15, 0.2) is 15.0 Å². The lowest BCUT2D eigenvalue weighted by atomic mass is 10.1. The van der Waals surface area contributed by atoms with Crippen LogP contribution in [0.2, 0.25) is 0 Å². The number of carbonyl (C=O) groups is 1. The molecule has 1 N–H and O–H groups in total. The number of hydrogen-bond donors (Lipinski definition) is 1. The molecule has 0 unspecified atom stereocenters. The summed E-state index contributed by atoms with van der Waals surface area (Å²) < 4.78 is 25.2. The van der Waals surface area contributed by atoms with Crippen molar-refractivity contribution in [2.24, 2.45) is 0 Å². The third kappa shape index (κ3) is 4.35. The van der Waals surface area contributed by atoms with Crippen LogP contribution in [0.25, 0.3) is 0 Å². The molecule has 0 saturated carbocycles. The number of aromatic nitrogens is 3. The molecule has 9 heteroatoms. The number of allylic oxidation sites excluding steroid dienone is 1. The van der Waals surface area contributed by atoms with Crippen molar-refractivity contribution in [2.45, 2.75) is 43.1 Å². The summed E-state index contributed by atoms with van der Waals surface area (Å²) in [6.07, 6.45) is 2.28. The van der Waals surface area contributed by atoms with Crippen LogP contribution in [-0.4, -0.2) is 52.4 Å². The van der Waals surface area contributed by atoms with Gasteiger partial charge >= 0.3 is 0 Å². The van der Waals surface area contributed by atoms with Gasteiger partial charge in [0, 0.05) is 19.0 Å². The highest BCUT2D eigenvalue weighted by Gasteiger charge is 2.33. The third-order valence-electron chi connectivity index (χ3n) is 3.66. The second-order valence-corrected chi connectivity index (χ2v) is 9.03. The van der Waals surface area contributed by atoms with E-state index in [0.29, 0.717) is 30.5 Å². The number of nitrogens with zero attached hydrogens (tertiary/aromatic N) is 3. The highest BCUT2D eigenvalue weighted by molar-refractivity contribution is 8.00. The molecule has 0 radical (unpaired) electrons. The van der Waals surface area contributed by atoms with E-state index in [1.807, 2.05) is 18.4 Å². The van der Waals surface area contributed by atoms with Gasteiger partial charge in [0.05, 0.1) is 16.8 Å². The van der Waals surface area contributed by atoms with Crippen LogP contribution in [-0.2, 0) is 21.2 Å². The van der Waals surface area contributed by atoms with Gasteiger partial charge in [-0.25, -0.2) is 8.42 Å². The molecule has 1 aromatic heterocycles. The van der Waals surface area contributed by atoms with E-state index in [-0.39, 0.29) is 28.6 Å². The van der Waals surface area contributed by atoms with Gasteiger partial charge < -0.3 is 9.88 Å². The van der Waals surface area contributed by atoms with E-state index in [1.165, 1.54) is 11.8 Å². The lowest BCUT2D eigenvalue weighted by Gasteiger charge is -2.13. The number of rotatable bonds is 7. The minimum absolute atomic E-state index is 0.0596. The molecular formula is C14H22N4O3S2. The van der Waals surface area contributed by atoms with Crippen LogP contribution in [0.15, 0.2) is 17.8 Å². The first-order valence-corrected chi connectivity index (χ1v) is 10.3. The van der Waals surface area contributed by atoms with Crippen molar-refractivity contribution in [3.8, 4) is 0 Å². The first-order valence-electron chi connectivity index (χ1n) is 7.56. The van der Waals surface area contributed by atoms with E-state index >= 15 is 0 Å². The Morgan fingerprint density at radius 1 is 1.57 bits per heavy atom. The summed E-state index contributed by atoms with van der Waals surface area (Å²) in [4.78, 5) is 11.9. The van der Waals surface area contributed by atoms with Gasteiger partial charge in [0.1, 0.15) is 5.82 Å². The number of carbonyl (C=O) groups excluding carboxylic acids is 1. The molecular weight excluding hydrogens is 336 g/mol. The molecule has 0 aromatic carbocycles. The van der Waals surface area contributed by atoms with Crippen molar-refractivity contribution in [3.63, 3.8) is 0 Å². The molecule has 1 aliphatic rings. The van der Waals surface area contributed by atoms with Crippen molar-refractivity contribution in [3.05, 3.63) is 18.5 Å². The fourth-order valence-electron chi connectivity index (χ4n) is 2.52. The number of thioether (sulfide) groups is 1. The lowest BCUT2D eigenvalue weighted by Crippen LogP contribution is -2.30. The van der Waals surface area contributed by atoms with Crippen LogP contribution >= 0.6 is 11.8 Å². The van der Waals surface area contributed by atoms with Crippen molar-refractivity contribution in [1.82, 2.24) is 20.1 Å². The SMILES string of the molecule is C=CCn1c(S[C@@H](C)C(=O)NCC)nnc1[C@H]1CCS(=O)(=O)C1. The quantitative estimate of drug-likeness (QED) is 0.577. The molecule has 1 aromatic rings. The van der Waals surface area contributed by atoms with Crippen LogP contribution in [0.4, 0.5) is 0 Å². The van der Waals surface area contributed by atoms with Gasteiger partial charge in [0.25, 0.3) is 0 Å².